The second-order valence-electron chi connectivity index (χ2n) is 4.62. The highest BCUT2D eigenvalue weighted by Gasteiger charge is 2.28. The lowest BCUT2D eigenvalue weighted by atomic mass is 10.2. The lowest BCUT2D eigenvalue weighted by molar-refractivity contribution is 0.00392. The Balaban J connectivity index is 1.99. The summed E-state index contributed by atoms with van der Waals surface area (Å²) in [7, 11) is 0. The zero-order valence-corrected chi connectivity index (χ0v) is 11.4. The fourth-order valence-corrected chi connectivity index (χ4v) is 3.29. The molecule has 1 aliphatic rings. The molecule has 3 rings (SSSR count). The van der Waals surface area contributed by atoms with E-state index >= 15 is 0 Å². The van der Waals surface area contributed by atoms with Gasteiger partial charge in [-0.05, 0) is 19.1 Å². The van der Waals surface area contributed by atoms with Gasteiger partial charge in [0.1, 0.15) is 9.71 Å². The third-order valence-corrected chi connectivity index (χ3v) is 4.44. The maximum absolute atomic E-state index is 12.6. The largest absolute Gasteiger partial charge is 0.397 e. The minimum atomic E-state index is -0.0173. The van der Waals surface area contributed by atoms with E-state index in [0.717, 1.165) is 10.2 Å². The number of nitrogen functional groups attached to an aromatic ring is 1. The van der Waals surface area contributed by atoms with Crippen LogP contribution in [0.2, 0.25) is 0 Å². The highest BCUT2D eigenvalue weighted by atomic mass is 32.1. The topological polar surface area (TPSA) is 68.5 Å². The fourth-order valence-electron chi connectivity index (χ4n) is 2.27. The molecule has 1 unspecified atom stereocenters. The van der Waals surface area contributed by atoms with Crippen LogP contribution in [0.5, 0.6) is 0 Å². The van der Waals surface area contributed by atoms with Crippen LogP contribution in [0.1, 0.15) is 16.6 Å². The Morgan fingerprint density at radius 3 is 3.21 bits per heavy atom. The van der Waals surface area contributed by atoms with Crippen LogP contribution >= 0.6 is 11.3 Å². The Morgan fingerprint density at radius 2 is 2.47 bits per heavy atom. The van der Waals surface area contributed by atoms with E-state index in [1.807, 2.05) is 24.0 Å². The number of thiophene rings is 1. The SMILES string of the molecule is CC1COCCN1C(=O)c1sc2ncccc2c1N. The number of carbonyl (C=O) groups is 1. The van der Waals surface area contributed by atoms with E-state index in [4.69, 9.17) is 10.5 Å². The molecule has 0 saturated carbocycles. The molecule has 0 bridgehead atoms. The van der Waals surface area contributed by atoms with E-state index in [9.17, 15) is 4.79 Å². The summed E-state index contributed by atoms with van der Waals surface area (Å²) in [5, 5.41) is 0.858. The number of amides is 1. The number of nitrogens with two attached hydrogens (primary N) is 1. The number of morpholine rings is 1. The lowest BCUT2D eigenvalue weighted by Gasteiger charge is -2.33. The first-order chi connectivity index (χ1) is 9.18. The third kappa shape index (κ3) is 2.06. The molecule has 1 atom stereocenters. The van der Waals surface area contributed by atoms with Crippen molar-refractivity contribution in [2.45, 2.75) is 13.0 Å². The molecule has 5 nitrogen and oxygen atoms in total. The van der Waals surface area contributed by atoms with Crippen molar-refractivity contribution in [3.05, 3.63) is 23.2 Å². The van der Waals surface area contributed by atoms with Crippen molar-refractivity contribution < 1.29 is 9.53 Å². The summed E-state index contributed by atoms with van der Waals surface area (Å²) in [6, 6.07) is 3.81. The highest BCUT2D eigenvalue weighted by Crippen LogP contribution is 2.33. The summed E-state index contributed by atoms with van der Waals surface area (Å²) < 4.78 is 5.35. The van der Waals surface area contributed by atoms with Gasteiger partial charge in [0.2, 0.25) is 0 Å². The Morgan fingerprint density at radius 1 is 1.63 bits per heavy atom. The zero-order chi connectivity index (χ0) is 13.4. The van der Waals surface area contributed by atoms with Gasteiger partial charge in [-0.1, -0.05) is 0 Å². The summed E-state index contributed by atoms with van der Waals surface area (Å²) in [5.74, 6) is -0.0173. The van der Waals surface area contributed by atoms with E-state index in [0.29, 0.717) is 30.3 Å². The molecule has 6 heteroatoms. The number of pyridine rings is 1. The molecular weight excluding hydrogens is 262 g/mol. The molecular formula is C13H15N3O2S. The lowest BCUT2D eigenvalue weighted by Crippen LogP contribution is -2.47. The summed E-state index contributed by atoms with van der Waals surface area (Å²) >= 11 is 1.36. The van der Waals surface area contributed by atoms with Gasteiger partial charge >= 0.3 is 0 Å². The van der Waals surface area contributed by atoms with E-state index < -0.39 is 0 Å². The van der Waals surface area contributed by atoms with Crippen molar-refractivity contribution in [1.82, 2.24) is 9.88 Å². The van der Waals surface area contributed by atoms with Gasteiger partial charge in [0.25, 0.3) is 5.91 Å². The van der Waals surface area contributed by atoms with Crippen molar-refractivity contribution in [2.75, 3.05) is 25.5 Å². The van der Waals surface area contributed by atoms with Gasteiger partial charge in [-0.25, -0.2) is 4.98 Å². The third-order valence-electron chi connectivity index (χ3n) is 3.33. The quantitative estimate of drug-likeness (QED) is 0.862. The van der Waals surface area contributed by atoms with Crippen LogP contribution in [-0.4, -0.2) is 41.6 Å². The van der Waals surface area contributed by atoms with Gasteiger partial charge in [-0.15, -0.1) is 11.3 Å². The molecule has 2 aromatic heterocycles. The van der Waals surface area contributed by atoms with Gasteiger partial charge in [0, 0.05) is 18.1 Å². The van der Waals surface area contributed by atoms with Crippen molar-refractivity contribution in [1.29, 1.82) is 0 Å². The number of hydrogen-bond acceptors (Lipinski definition) is 5. The molecule has 19 heavy (non-hydrogen) atoms. The Hall–Kier alpha value is -1.66. The number of carbonyl (C=O) groups excluding carboxylic acids is 1. The number of aromatic nitrogens is 1. The van der Waals surface area contributed by atoms with Crippen LogP contribution in [0.25, 0.3) is 10.2 Å². The van der Waals surface area contributed by atoms with Crippen molar-refractivity contribution in [3.8, 4) is 0 Å². The maximum atomic E-state index is 12.6. The van der Waals surface area contributed by atoms with Gasteiger partial charge < -0.3 is 15.4 Å². The highest BCUT2D eigenvalue weighted by molar-refractivity contribution is 7.21. The van der Waals surface area contributed by atoms with Crippen molar-refractivity contribution in [2.24, 2.45) is 0 Å². The summed E-state index contributed by atoms with van der Waals surface area (Å²) in [5.41, 5.74) is 6.62. The molecule has 0 radical (unpaired) electrons. The molecule has 0 spiro atoms. The van der Waals surface area contributed by atoms with Crippen LogP contribution in [0.4, 0.5) is 5.69 Å². The standard InChI is InChI=1S/C13H15N3O2S/c1-8-7-18-6-5-16(8)13(17)11-10(14)9-3-2-4-15-12(9)19-11/h2-4,8H,5-7,14H2,1H3. The van der Waals surface area contributed by atoms with Crippen LogP contribution in [0, 0.1) is 0 Å². The second-order valence-corrected chi connectivity index (χ2v) is 5.62. The Labute approximate surface area is 115 Å². The molecule has 1 aliphatic heterocycles. The fraction of sp³-hybridized carbons (Fsp3) is 0.385. The van der Waals surface area contributed by atoms with Crippen LogP contribution in [0.15, 0.2) is 18.3 Å². The molecule has 0 aliphatic carbocycles. The van der Waals surface area contributed by atoms with Gasteiger partial charge in [-0.3, -0.25) is 4.79 Å². The molecule has 3 heterocycles. The molecule has 2 aromatic rings. The van der Waals surface area contributed by atoms with Crippen LogP contribution in [0.3, 0.4) is 0 Å². The number of anilines is 1. The summed E-state index contributed by atoms with van der Waals surface area (Å²) in [4.78, 5) is 20.0. The first-order valence-electron chi connectivity index (χ1n) is 6.20. The minimum absolute atomic E-state index is 0.0173. The predicted molar refractivity (Wildman–Crippen MR) is 75.3 cm³/mol. The Bertz CT molecular complexity index is 625. The Kier molecular flexibility index (Phi) is 3.12. The van der Waals surface area contributed by atoms with Gasteiger partial charge in [0.05, 0.1) is 24.9 Å². The normalized spacial score (nSPS) is 19.8. The summed E-state index contributed by atoms with van der Waals surface area (Å²) in [6.07, 6.45) is 1.71. The number of ether oxygens (including phenoxy) is 1. The maximum Gasteiger partial charge on any atom is 0.266 e. The molecule has 1 amide bonds. The van der Waals surface area contributed by atoms with E-state index in [-0.39, 0.29) is 11.9 Å². The average Bonchev–Trinajstić information content (AvgIpc) is 2.77. The molecule has 0 aromatic carbocycles. The number of nitrogens with zero attached hydrogens (tertiary/aromatic N) is 2. The number of rotatable bonds is 1. The molecule has 1 fully saturated rings. The number of fused-ring (bicyclic) bond motifs is 1. The predicted octanol–water partition coefficient (Wildman–Crippen LogP) is 1.74. The molecule has 2 N–H and O–H groups in total. The van der Waals surface area contributed by atoms with E-state index in [2.05, 4.69) is 4.98 Å². The van der Waals surface area contributed by atoms with Gasteiger partial charge in [0.15, 0.2) is 0 Å². The summed E-state index contributed by atoms with van der Waals surface area (Å²) in [6.45, 7) is 3.76. The zero-order valence-electron chi connectivity index (χ0n) is 10.6. The molecule has 1 saturated heterocycles. The first-order valence-corrected chi connectivity index (χ1v) is 7.02. The average molecular weight is 277 g/mol. The van der Waals surface area contributed by atoms with E-state index in [1.165, 1.54) is 11.3 Å². The monoisotopic (exact) mass is 277 g/mol. The van der Waals surface area contributed by atoms with Gasteiger partial charge in [-0.2, -0.15) is 0 Å². The smallest absolute Gasteiger partial charge is 0.266 e. The molecule has 100 valence electrons. The van der Waals surface area contributed by atoms with Crippen LogP contribution < -0.4 is 5.73 Å². The second kappa shape index (κ2) is 4.79. The number of hydrogen-bond donors (Lipinski definition) is 1. The van der Waals surface area contributed by atoms with Crippen molar-refractivity contribution in [3.63, 3.8) is 0 Å². The van der Waals surface area contributed by atoms with Crippen molar-refractivity contribution >= 4 is 33.1 Å². The van der Waals surface area contributed by atoms with E-state index in [1.54, 1.807) is 6.20 Å². The first kappa shape index (κ1) is 12.4. The van der Waals surface area contributed by atoms with Crippen LogP contribution in [-0.2, 0) is 4.74 Å². The minimum Gasteiger partial charge on any atom is -0.397 e.